The van der Waals surface area contributed by atoms with Gasteiger partial charge in [0.05, 0.1) is 0 Å². The van der Waals surface area contributed by atoms with Gasteiger partial charge in [-0.3, -0.25) is 0 Å². The van der Waals surface area contributed by atoms with Crippen molar-refractivity contribution in [2.75, 3.05) is 19.6 Å². The predicted molar refractivity (Wildman–Crippen MR) is 48.5 cm³/mol. The smallest absolute Gasteiger partial charge is 0.00747 e. The Morgan fingerprint density at radius 3 is 2.55 bits per heavy atom. The van der Waals surface area contributed by atoms with Gasteiger partial charge < -0.3 is 11.1 Å². The van der Waals surface area contributed by atoms with Crippen LogP contribution in [0, 0.1) is 5.41 Å². The highest BCUT2D eigenvalue weighted by Crippen LogP contribution is 2.42. The third-order valence-corrected chi connectivity index (χ3v) is 2.99. The zero-order valence-corrected chi connectivity index (χ0v) is 7.53. The SMILES string of the molecule is CCC1(CNCCN)CCC1. The maximum atomic E-state index is 5.40. The second-order valence-corrected chi connectivity index (χ2v) is 3.67. The first-order valence-corrected chi connectivity index (χ1v) is 4.74. The van der Waals surface area contributed by atoms with Crippen LogP contribution in [0.5, 0.6) is 0 Å². The van der Waals surface area contributed by atoms with Crippen molar-refractivity contribution in [3.05, 3.63) is 0 Å². The standard InChI is InChI=1S/C9H20N2/c1-2-9(4-3-5-9)8-11-7-6-10/h11H,2-8,10H2,1H3. The Hall–Kier alpha value is -0.0800. The molecule has 3 N–H and O–H groups in total. The van der Waals surface area contributed by atoms with Gasteiger partial charge in [0, 0.05) is 19.6 Å². The largest absolute Gasteiger partial charge is 0.329 e. The van der Waals surface area contributed by atoms with Crippen LogP contribution < -0.4 is 11.1 Å². The van der Waals surface area contributed by atoms with Gasteiger partial charge in [0.2, 0.25) is 0 Å². The van der Waals surface area contributed by atoms with E-state index in [9.17, 15) is 0 Å². The molecule has 1 rings (SSSR count). The molecule has 2 nitrogen and oxygen atoms in total. The molecule has 0 unspecified atom stereocenters. The summed E-state index contributed by atoms with van der Waals surface area (Å²) in [6, 6.07) is 0. The fourth-order valence-corrected chi connectivity index (χ4v) is 1.79. The predicted octanol–water partition coefficient (Wildman–Crippen LogP) is 1.11. The minimum absolute atomic E-state index is 0.648. The first-order valence-electron chi connectivity index (χ1n) is 4.74. The fraction of sp³-hybridized carbons (Fsp3) is 1.00. The van der Waals surface area contributed by atoms with Crippen molar-refractivity contribution < 1.29 is 0 Å². The summed E-state index contributed by atoms with van der Waals surface area (Å²) >= 11 is 0. The molecule has 0 aromatic rings. The zero-order chi connectivity index (χ0) is 8.16. The van der Waals surface area contributed by atoms with E-state index in [1.165, 1.54) is 32.2 Å². The molecule has 1 aliphatic carbocycles. The summed E-state index contributed by atoms with van der Waals surface area (Å²) in [5, 5.41) is 3.40. The van der Waals surface area contributed by atoms with Crippen molar-refractivity contribution in [3.8, 4) is 0 Å². The Labute approximate surface area is 69.5 Å². The first-order chi connectivity index (χ1) is 5.33. The van der Waals surface area contributed by atoms with Crippen molar-refractivity contribution in [2.24, 2.45) is 11.1 Å². The van der Waals surface area contributed by atoms with E-state index in [0.717, 1.165) is 13.1 Å². The molecule has 0 radical (unpaired) electrons. The third-order valence-electron chi connectivity index (χ3n) is 2.99. The highest BCUT2D eigenvalue weighted by molar-refractivity contribution is 4.88. The zero-order valence-electron chi connectivity index (χ0n) is 7.53. The van der Waals surface area contributed by atoms with E-state index in [4.69, 9.17) is 5.73 Å². The average molecular weight is 156 g/mol. The monoisotopic (exact) mass is 156 g/mol. The van der Waals surface area contributed by atoms with E-state index in [0.29, 0.717) is 5.41 Å². The molecule has 0 aromatic heterocycles. The summed E-state index contributed by atoms with van der Waals surface area (Å²) in [6.45, 7) is 5.21. The lowest BCUT2D eigenvalue weighted by Gasteiger charge is -2.41. The second kappa shape index (κ2) is 4.07. The van der Waals surface area contributed by atoms with Crippen LogP contribution in [0.15, 0.2) is 0 Å². The molecule has 2 heteroatoms. The van der Waals surface area contributed by atoms with Crippen LogP contribution in [0.2, 0.25) is 0 Å². The summed E-state index contributed by atoms with van der Waals surface area (Å²) in [5.74, 6) is 0. The quantitative estimate of drug-likeness (QED) is 0.585. The van der Waals surface area contributed by atoms with E-state index >= 15 is 0 Å². The molecule has 0 aliphatic heterocycles. The van der Waals surface area contributed by atoms with Crippen molar-refractivity contribution in [3.63, 3.8) is 0 Å². The number of hydrogen-bond acceptors (Lipinski definition) is 2. The third kappa shape index (κ3) is 2.17. The Morgan fingerprint density at radius 2 is 2.18 bits per heavy atom. The van der Waals surface area contributed by atoms with Crippen molar-refractivity contribution in [2.45, 2.75) is 32.6 Å². The van der Waals surface area contributed by atoms with Crippen LogP contribution in [0.25, 0.3) is 0 Å². The van der Waals surface area contributed by atoms with Gasteiger partial charge in [0.25, 0.3) is 0 Å². The minimum Gasteiger partial charge on any atom is -0.329 e. The maximum absolute atomic E-state index is 5.40. The lowest BCUT2D eigenvalue weighted by Crippen LogP contribution is -2.40. The summed E-state index contributed by atoms with van der Waals surface area (Å²) in [4.78, 5) is 0. The average Bonchev–Trinajstić information content (AvgIpc) is 1.95. The van der Waals surface area contributed by atoms with Crippen molar-refractivity contribution >= 4 is 0 Å². The molecular formula is C9H20N2. The molecule has 0 amide bonds. The molecule has 0 aromatic carbocycles. The Kier molecular flexibility index (Phi) is 3.34. The Bertz CT molecular complexity index is 103. The number of hydrogen-bond donors (Lipinski definition) is 2. The molecule has 1 saturated carbocycles. The van der Waals surface area contributed by atoms with Crippen LogP contribution in [0.3, 0.4) is 0 Å². The topological polar surface area (TPSA) is 38.0 Å². The van der Waals surface area contributed by atoms with E-state index in [1.807, 2.05) is 0 Å². The normalized spacial score (nSPS) is 21.3. The molecule has 0 heterocycles. The van der Waals surface area contributed by atoms with Gasteiger partial charge >= 0.3 is 0 Å². The van der Waals surface area contributed by atoms with Gasteiger partial charge in [-0.1, -0.05) is 13.3 Å². The summed E-state index contributed by atoms with van der Waals surface area (Å²) in [7, 11) is 0. The lowest BCUT2D eigenvalue weighted by molar-refractivity contribution is 0.125. The second-order valence-electron chi connectivity index (χ2n) is 3.67. The molecule has 0 atom stereocenters. The van der Waals surface area contributed by atoms with Gasteiger partial charge in [0.15, 0.2) is 0 Å². The van der Waals surface area contributed by atoms with Crippen molar-refractivity contribution in [1.82, 2.24) is 5.32 Å². The van der Waals surface area contributed by atoms with E-state index in [1.54, 1.807) is 0 Å². The molecule has 66 valence electrons. The van der Waals surface area contributed by atoms with Gasteiger partial charge in [-0.2, -0.15) is 0 Å². The van der Waals surface area contributed by atoms with E-state index < -0.39 is 0 Å². The molecule has 0 saturated heterocycles. The van der Waals surface area contributed by atoms with E-state index in [-0.39, 0.29) is 0 Å². The number of nitrogens with one attached hydrogen (secondary N) is 1. The summed E-state index contributed by atoms with van der Waals surface area (Å²) in [5.41, 5.74) is 6.04. The van der Waals surface area contributed by atoms with Gasteiger partial charge in [-0.15, -0.1) is 0 Å². The van der Waals surface area contributed by atoms with Crippen molar-refractivity contribution in [1.29, 1.82) is 0 Å². The molecule has 1 aliphatic rings. The lowest BCUT2D eigenvalue weighted by atomic mass is 9.67. The van der Waals surface area contributed by atoms with Gasteiger partial charge in [-0.05, 0) is 24.7 Å². The highest BCUT2D eigenvalue weighted by Gasteiger charge is 2.34. The van der Waals surface area contributed by atoms with Crippen LogP contribution >= 0.6 is 0 Å². The maximum Gasteiger partial charge on any atom is 0.00747 e. The fourth-order valence-electron chi connectivity index (χ4n) is 1.79. The Morgan fingerprint density at radius 1 is 1.45 bits per heavy atom. The summed E-state index contributed by atoms with van der Waals surface area (Å²) < 4.78 is 0. The van der Waals surface area contributed by atoms with Crippen LogP contribution in [0.4, 0.5) is 0 Å². The van der Waals surface area contributed by atoms with E-state index in [2.05, 4.69) is 12.2 Å². The number of rotatable bonds is 5. The molecule has 0 spiro atoms. The highest BCUT2D eigenvalue weighted by atomic mass is 14.9. The molecule has 1 fully saturated rings. The Balaban J connectivity index is 2.11. The van der Waals surface area contributed by atoms with Crippen LogP contribution in [-0.2, 0) is 0 Å². The van der Waals surface area contributed by atoms with Gasteiger partial charge in [0.1, 0.15) is 0 Å². The molecule has 11 heavy (non-hydrogen) atoms. The van der Waals surface area contributed by atoms with Gasteiger partial charge in [-0.25, -0.2) is 0 Å². The number of nitrogens with two attached hydrogens (primary N) is 1. The van der Waals surface area contributed by atoms with Crippen LogP contribution in [-0.4, -0.2) is 19.6 Å². The van der Waals surface area contributed by atoms with Crippen LogP contribution in [0.1, 0.15) is 32.6 Å². The molecule has 0 bridgehead atoms. The minimum atomic E-state index is 0.648. The first kappa shape index (κ1) is 9.01. The summed E-state index contributed by atoms with van der Waals surface area (Å²) in [6.07, 6.45) is 5.59. The molecular weight excluding hydrogens is 136 g/mol.